The van der Waals surface area contributed by atoms with Gasteiger partial charge in [0.1, 0.15) is 4.83 Å². The summed E-state index contributed by atoms with van der Waals surface area (Å²) in [7, 11) is 0. The summed E-state index contributed by atoms with van der Waals surface area (Å²) in [5.41, 5.74) is 4.66. The highest BCUT2D eigenvalue weighted by Gasteiger charge is 2.20. The molecular formula is C26H27N3O2S2. The van der Waals surface area contributed by atoms with E-state index in [-0.39, 0.29) is 17.2 Å². The van der Waals surface area contributed by atoms with Gasteiger partial charge in [-0.2, -0.15) is 0 Å². The molecule has 0 unspecified atom stereocenters. The SMILES string of the molecule is CCCc1sc2nc(SCC(=O)Nc3cccc(C)c3C)n(-c3ccccc3)c(=O)c2c1C. The number of thioether (sulfide) groups is 1. The first-order valence-electron chi connectivity index (χ1n) is 11.0. The van der Waals surface area contributed by atoms with Crippen molar-refractivity contribution in [3.63, 3.8) is 0 Å². The third-order valence-corrected chi connectivity index (χ3v) is 7.92. The van der Waals surface area contributed by atoms with Crippen LogP contribution in [0.1, 0.15) is 34.9 Å². The topological polar surface area (TPSA) is 64.0 Å². The maximum absolute atomic E-state index is 13.6. The number of nitrogens with one attached hydrogen (secondary N) is 1. The summed E-state index contributed by atoms with van der Waals surface area (Å²) in [6.45, 7) is 8.16. The molecule has 33 heavy (non-hydrogen) atoms. The van der Waals surface area contributed by atoms with E-state index >= 15 is 0 Å². The largest absolute Gasteiger partial charge is 0.325 e. The number of carbonyl (C=O) groups excluding carboxylic acids is 1. The Hall–Kier alpha value is -2.90. The van der Waals surface area contributed by atoms with Crippen molar-refractivity contribution in [2.75, 3.05) is 11.1 Å². The normalized spacial score (nSPS) is 11.2. The van der Waals surface area contributed by atoms with Crippen molar-refractivity contribution in [1.29, 1.82) is 0 Å². The average Bonchev–Trinajstić information content (AvgIpc) is 3.11. The molecule has 0 saturated carbocycles. The third kappa shape index (κ3) is 4.75. The van der Waals surface area contributed by atoms with E-state index in [0.717, 1.165) is 45.7 Å². The summed E-state index contributed by atoms with van der Waals surface area (Å²) in [6, 6.07) is 15.4. The van der Waals surface area contributed by atoms with Gasteiger partial charge in [0.05, 0.1) is 16.8 Å². The first-order valence-corrected chi connectivity index (χ1v) is 12.8. The van der Waals surface area contributed by atoms with Crippen LogP contribution in [-0.2, 0) is 11.2 Å². The number of benzene rings is 2. The molecule has 0 atom stereocenters. The fourth-order valence-corrected chi connectivity index (χ4v) is 5.91. The molecule has 4 rings (SSSR count). The number of rotatable bonds is 7. The van der Waals surface area contributed by atoms with Crippen LogP contribution in [0.25, 0.3) is 15.9 Å². The smallest absolute Gasteiger partial charge is 0.267 e. The minimum Gasteiger partial charge on any atom is -0.325 e. The maximum atomic E-state index is 13.6. The Morgan fingerprint density at radius 3 is 2.55 bits per heavy atom. The van der Waals surface area contributed by atoms with Crippen LogP contribution in [-0.4, -0.2) is 21.2 Å². The lowest BCUT2D eigenvalue weighted by Crippen LogP contribution is -2.23. The fraction of sp³-hybridized carbons (Fsp3) is 0.269. The molecule has 2 aromatic heterocycles. The lowest BCUT2D eigenvalue weighted by molar-refractivity contribution is -0.113. The first-order chi connectivity index (χ1) is 15.9. The van der Waals surface area contributed by atoms with Gasteiger partial charge in [0.15, 0.2) is 5.16 Å². The van der Waals surface area contributed by atoms with Gasteiger partial charge in [-0.15, -0.1) is 11.3 Å². The van der Waals surface area contributed by atoms with Crippen LogP contribution in [0.4, 0.5) is 5.69 Å². The first kappa shape index (κ1) is 23.3. The number of fused-ring (bicyclic) bond motifs is 1. The number of hydrogen-bond acceptors (Lipinski definition) is 5. The number of carbonyl (C=O) groups is 1. The molecule has 0 aliphatic carbocycles. The summed E-state index contributed by atoms with van der Waals surface area (Å²) >= 11 is 2.87. The van der Waals surface area contributed by atoms with Crippen LogP contribution in [0, 0.1) is 20.8 Å². The minimum atomic E-state index is -0.128. The van der Waals surface area contributed by atoms with Gasteiger partial charge in [-0.25, -0.2) is 4.98 Å². The Morgan fingerprint density at radius 2 is 1.82 bits per heavy atom. The Bertz CT molecular complexity index is 1370. The van der Waals surface area contributed by atoms with Gasteiger partial charge in [0.2, 0.25) is 5.91 Å². The van der Waals surface area contributed by atoms with Gasteiger partial charge in [0.25, 0.3) is 5.56 Å². The van der Waals surface area contributed by atoms with Crippen molar-refractivity contribution in [2.45, 2.75) is 45.7 Å². The third-order valence-electron chi connectivity index (χ3n) is 5.73. The molecule has 1 N–H and O–H groups in total. The second kappa shape index (κ2) is 9.93. The standard InChI is InChI=1S/C26H27N3O2S2/c1-5-10-21-18(4)23-24(33-21)28-26(29(25(23)31)19-12-7-6-8-13-19)32-15-22(30)27-20-14-9-11-16(2)17(20)3/h6-9,11-14H,5,10,15H2,1-4H3,(H,27,30). The van der Waals surface area contributed by atoms with Crippen LogP contribution in [0.3, 0.4) is 0 Å². The number of anilines is 1. The summed E-state index contributed by atoms with van der Waals surface area (Å²) in [5, 5.41) is 4.19. The van der Waals surface area contributed by atoms with Crippen molar-refractivity contribution in [2.24, 2.45) is 0 Å². The van der Waals surface area contributed by atoms with E-state index in [9.17, 15) is 9.59 Å². The lowest BCUT2D eigenvalue weighted by atomic mass is 10.1. The molecule has 0 saturated heterocycles. The molecule has 4 aromatic rings. The predicted molar refractivity (Wildman–Crippen MR) is 139 cm³/mol. The monoisotopic (exact) mass is 477 g/mol. The summed E-state index contributed by atoms with van der Waals surface area (Å²) < 4.78 is 1.63. The van der Waals surface area contributed by atoms with E-state index in [1.54, 1.807) is 15.9 Å². The second-order valence-electron chi connectivity index (χ2n) is 8.04. The molecule has 170 valence electrons. The molecule has 0 aliphatic rings. The van der Waals surface area contributed by atoms with E-state index in [1.165, 1.54) is 16.6 Å². The van der Waals surface area contributed by atoms with Crippen molar-refractivity contribution in [3.8, 4) is 5.69 Å². The van der Waals surface area contributed by atoms with Gasteiger partial charge in [-0.1, -0.05) is 55.4 Å². The summed E-state index contributed by atoms with van der Waals surface area (Å²) in [4.78, 5) is 33.2. The van der Waals surface area contributed by atoms with E-state index in [0.29, 0.717) is 10.5 Å². The van der Waals surface area contributed by atoms with E-state index < -0.39 is 0 Å². The lowest BCUT2D eigenvalue weighted by Gasteiger charge is -2.13. The number of amides is 1. The quantitative estimate of drug-likeness (QED) is 0.260. The van der Waals surface area contributed by atoms with E-state index in [4.69, 9.17) is 4.98 Å². The van der Waals surface area contributed by atoms with Crippen molar-refractivity contribution in [1.82, 2.24) is 9.55 Å². The fourth-order valence-electron chi connectivity index (χ4n) is 3.78. The van der Waals surface area contributed by atoms with Crippen LogP contribution in [0.5, 0.6) is 0 Å². The number of aromatic nitrogens is 2. The number of aryl methyl sites for hydroxylation is 3. The molecule has 7 heteroatoms. The molecule has 2 heterocycles. The van der Waals surface area contributed by atoms with Gasteiger partial charge < -0.3 is 5.32 Å². The molecule has 0 spiro atoms. The number of thiophene rings is 1. The van der Waals surface area contributed by atoms with Crippen LogP contribution < -0.4 is 10.9 Å². The van der Waals surface area contributed by atoms with E-state index in [2.05, 4.69) is 12.2 Å². The van der Waals surface area contributed by atoms with Crippen molar-refractivity contribution in [3.05, 3.63) is 80.5 Å². The Kier molecular flexibility index (Phi) is 7.00. The zero-order valence-corrected chi connectivity index (χ0v) is 20.9. The molecule has 0 bridgehead atoms. The zero-order chi connectivity index (χ0) is 23.5. The predicted octanol–water partition coefficient (Wildman–Crippen LogP) is 6.06. The van der Waals surface area contributed by atoms with Crippen molar-refractivity contribution < 1.29 is 4.79 Å². The highest BCUT2D eigenvalue weighted by atomic mass is 32.2. The average molecular weight is 478 g/mol. The number of hydrogen-bond donors (Lipinski definition) is 1. The summed E-state index contributed by atoms with van der Waals surface area (Å²) in [6.07, 6.45) is 1.94. The number of nitrogens with zero attached hydrogens (tertiary/aromatic N) is 2. The Labute approximate surface area is 201 Å². The van der Waals surface area contributed by atoms with Crippen LogP contribution >= 0.6 is 23.1 Å². The molecule has 2 aromatic carbocycles. The van der Waals surface area contributed by atoms with Crippen molar-refractivity contribution >= 4 is 44.9 Å². The maximum Gasteiger partial charge on any atom is 0.267 e. The van der Waals surface area contributed by atoms with Gasteiger partial charge in [0, 0.05) is 10.6 Å². The van der Waals surface area contributed by atoms with Gasteiger partial charge in [-0.3, -0.25) is 14.2 Å². The Balaban J connectivity index is 1.70. The second-order valence-corrected chi connectivity index (χ2v) is 10.1. The van der Waals surface area contributed by atoms with Crippen LogP contribution in [0.15, 0.2) is 58.5 Å². The zero-order valence-electron chi connectivity index (χ0n) is 19.3. The molecule has 1 amide bonds. The number of para-hydroxylation sites is 1. The Morgan fingerprint density at radius 1 is 1.06 bits per heavy atom. The minimum absolute atomic E-state index is 0.0836. The van der Waals surface area contributed by atoms with Gasteiger partial charge in [-0.05, 0) is 62.1 Å². The molecule has 0 aliphatic heterocycles. The highest BCUT2D eigenvalue weighted by Crippen LogP contribution is 2.31. The molecule has 0 radical (unpaired) electrons. The van der Waals surface area contributed by atoms with Gasteiger partial charge >= 0.3 is 0 Å². The van der Waals surface area contributed by atoms with E-state index in [1.807, 2.05) is 69.3 Å². The molecule has 0 fully saturated rings. The highest BCUT2D eigenvalue weighted by molar-refractivity contribution is 7.99. The summed E-state index contributed by atoms with van der Waals surface area (Å²) in [5.74, 6) is 0.0290. The molecule has 5 nitrogen and oxygen atoms in total. The van der Waals surface area contributed by atoms with Crippen LogP contribution in [0.2, 0.25) is 0 Å². The molecular weight excluding hydrogens is 450 g/mol.